The Hall–Kier alpha value is -2.27. The average Bonchev–Trinajstić information content (AvgIpc) is 2.85. The summed E-state index contributed by atoms with van der Waals surface area (Å²) in [5, 5.41) is 0. The molecular formula is C33H40INO4. The van der Waals surface area contributed by atoms with Crippen molar-refractivity contribution in [2.75, 3.05) is 13.7 Å². The van der Waals surface area contributed by atoms with E-state index in [1.807, 2.05) is 12.1 Å². The molecule has 0 spiro atoms. The van der Waals surface area contributed by atoms with Gasteiger partial charge in [0.2, 0.25) is 0 Å². The standard InChI is InChI=1S/C33H40INO4/c1-7-13-39-31-22(34)14-20(15-27(31)38-6)28-29-23(16-32(2,3)18-25(29)36)35(21-11-9-8-10-12-21)24-17-33(4,5)19-26(37)30(24)28/h1,14-15,21,28H,8-13,16-19H2,2-6H3. The van der Waals surface area contributed by atoms with Gasteiger partial charge < -0.3 is 14.4 Å². The molecule has 0 unspecified atom stereocenters. The molecule has 208 valence electrons. The molecule has 0 atom stereocenters. The normalized spacial score (nSPS) is 23.4. The van der Waals surface area contributed by atoms with Gasteiger partial charge >= 0.3 is 0 Å². The molecule has 1 saturated carbocycles. The lowest BCUT2D eigenvalue weighted by atomic mass is 9.63. The van der Waals surface area contributed by atoms with Crippen molar-refractivity contribution in [3.05, 3.63) is 43.8 Å². The minimum Gasteiger partial charge on any atom is -0.493 e. The Morgan fingerprint density at radius 3 is 2.03 bits per heavy atom. The van der Waals surface area contributed by atoms with Gasteiger partial charge in [0.1, 0.15) is 6.61 Å². The monoisotopic (exact) mass is 641 g/mol. The zero-order valence-electron chi connectivity index (χ0n) is 23.9. The number of methoxy groups -OCH3 is 1. The number of ether oxygens (including phenoxy) is 2. The van der Waals surface area contributed by atoms with E-state index in [1.165, 1.54) is 19.3 Å². The van der Waals surface area contributed by atoms with E-state index in [9.17, 15) is 9.59 Å². The van der Waals surface area contributed by atoms with Crippen LogP contribution in [0.25, 0.3) is 0 Å². The third-order valence-corrected chi connectivity index (χ3v) is 9.58. The summed E-state index contributed by atoms with van der Waals surface area (Å²) in [6.07, 6.45) is 14.0. The van der Waals surface area contributed by atoms with E-state index in [0.717, 1.165) is 57.4 Å². The smallest absolute Gasteiger partial charge is 0.175 e. The van der Waals surface area contributed by atoms with Crippen molar-refractivity contribution in [3.63, 3.8) is 0 Å². The predicted octanol–water partition coefficient (Wildman–Crippen LogP) is 7.33. The fraction of sp³-hybridized carbons (Fsp3) is 0.576. The number of carbonyl (C=O) groups is 2. The largest absolute Gasteiger partial charge is 0.493 e. The number of allylic oxidation sites excluding steroid dienone is 4. The minimum atomic E-state index is -0.397. The number of nitrogens with zero attached hydrogens (tertiary/aromatic N) is 1. The number of benzene rings is 1. The number of hydrogen-bond acceptors (Lipinski definition) is 5. The van der Waals surface area contributed by atoms with Gasteiger partial charge in [0.15, 0.2) is 23.1 Å². The van der Waals surface area contributed by atoms with Crippen molar-refractivity contribution < 1.29 is 19.1 Å². The zero-order valence-corrected chi connectivity index (χ0v) is 26.1. The zero-order chi connectivity index (χ0) is 28.1. The molecule has 0 amide bonds. The number of halogens is 1. The fourth-order valence-electron chi connectivity index (χ4n) is 7.27. The summed E-state index contributed by atoms with van der Waals surface area (Å²) >= 11 is 2.24. The number of hydrogen-bond donors (Lipinski definition) is 0. The van der Waals surface area contributed by atoms with Crippen LogP contribution in [-0.2, 0) is 9.59 Å². The summed E-state index contributed by atoms with van der Waals surface area (Å²) in [4.78, 5) is 30.7. The summed E-state index contributed by atoms with van der Waals surface area (Å²) in [6, 6.07) is 4.34. The van der Waals surface area contributed by atoms with Gasteiger partial charge in [0.05, 0.1) is 10.7 Å². The van der Waals surface area contributed by atoms with Crippen LogP contribution in [0.3, 0.4) is 0 Å². The second-order valence-corrected chi connectivity index (χ2v) is 14.4. The summed E-state index contributed by atoms with van der Waals surface area (Å²) in [7, 11) is 1.61. The van der Waals surface area contributed by atoms with Crippen LogP contribution in [0.4, 0.5) is 0 Å². The minimum absolute atomic E-state index is 0.126. The molecule has 0 bridgehead atoms. The highest BCUT2D eigenvalue weighted by molar-refractivity contribution is 14.1. The van der Waals surface area contributed by atoms with Crippen molar-refractivity contribution in [1.82, 2.24) is 4.90 Å². The number of ketones is 2. The molecular weight excluding hydrogens is 601 g/mol. The van der Waals surface area contributed by atoms with Crippen LogP contribution in [0, 0.1) is 26.7 Å². The van der Waals surface area contributed by atoms with E-state index in [-0.39, 0.29) is 29.0 Å². The molecule has 39 heavy (non-hydrogen) atoms. The van der Waals surface area contributed by atoms with Crippen LogP contribution in [0.5, 0.6) is 11.5 Å². The quantitative estimate of drug-likeness (QED) is 0.249. The third kappa shape index (κ3) is 5.28. The van der Waals surface area contributed by atoms with Crippen molar-refractivity contribution >= 4 is 34.2 Å². The molecule has 0 N–H and O–H groups in total. The van der Waals surface area contributed by atoms with Crippen LogP contribution >= 0.6 is 22.6 Å². The molecule has 1 aromatic rings. The first kappa shape index (κ1) is 28.3. The van der Waals surface area contributed by atoms with E-state index in [0.29, 0.717) is 30.4 Å². The summed E-state index contributed by atoms with van der Waals surface area (Å²) < 4.78 is 12.4. The van der Waals surface area contributed by atoms with E-state index in [2.05, 4.69) is 61.1 Å². The fourth-order valence-corrected chi connectivity index (χ4v) is 8.05. The van der Waals surface area contributed by atoms with Crippen LogP contribution in [0.15, 0.2) is 34.7 Å². The van der Waals surface area contributed by atoms with Gasteiger partial charge in [-0.2, -0.15) is 0 Å². The Kier molecular flexibility index (Phi) is 7.69. The third-order valence-electron chi connectivity index (χ3n) is 8.78. The summed E-state index contributed by atoms with van der Waals surface area (Å²) in [6.45, 7) is 8.94. The van der Waals surface area contributed by atoms with Gasteiger partial charge in [-0.25, -0.2) is 0 Å². The highest BCUT2D eigenvalue weighted by atomic mass is 127. The number of rotatable bonds is 5. The summed E-state index contributed by atoms with van der Waals surface area (Å²) in [5.74, 6) is 3.61. The van der Waals surface area contributed by atoms with Crippen molar-refractivity contribution in [2.24, 2.45) is 10.8 Å². The topological polar surface area (TPSA) is 55.8 Å². The van der Waals surface area contributed by atoms with Gasteiger partial charge in [-0.15, -0.1) is 6.42 Å². The van der Waals surface area contributed by atoms with Crippen LogP contribution in [0.2, 0.25) is 0 Å². The Morgan fingerprint density at radius 1 is 0.949 bits per heavy atom. The van der Waals surface area contributed by atoms with Crippen LogP contribution in [-0.4, -0.2) is 36.2 Å². The molecule has 0 radical (unpaired) electrons. The van der Waals surface area contributed by atoms with E-state index >= 15 is 0 Å². The molecule has 1 aliphatic heterocycles. The second-order valence-electron chi connectivity index (χ2n) is 13.2. The number of terminal acetylenes is 1. The van der Waals surface area contributed by atoms with E-state index in [4.69, 9.17) is 15.9 Å². The summed E-state index contributed by atoms with van der Waals surface area (Å²) in [5.41, 5.74) is 4.60. The first-order chi connectivity index (χ1) is 18.5. The molecule has 4 aliphatic rings. The Labute approximate surface area is 246 Å². The van der Waals surface area contributed by atoms with Crippen LogP contribution in [0.1, 0.15) is 97.0 Å². The molecule has 1 aromatic carbocycles. The Balaban J connectivity index is 1.76. The van der Waals surface area contributed by atoms with Gasteiger partial charge in [-0.1, -0.05) is 52.9 Å². The maximum atomic E-state index is 14.1. The van der Waals surface area contributed by atoms with Crippen molar-refractivity contribution in [2.45, 2.75) is 97.4 Å². The highest BCUT2D eigenvalue weighted by Gasteiger charge is 2.50. The molecule has 1 heterocycles. The highest BCUT2D eigenvalue weighted by Crippen LogP contribution is 2.56. The predicted molar refractivity (Wildman–Crippen MR) is 162 cm³/mol. The van der Waals surface area contributed by atoms with Gasteiger partial charge in [0.25, 0.3) is 0 Å². The Bertz CT molecular complexity index is 1250. The Morgan fingerprint density at radius 2 is 1.51 bits per heavy atom. The van der Waals surface area contributed by atoms with Crippen molar-refractivity contribution in [3.8, 4) is 23.8 Å². The van der Waals surface area contributed by atoms with Crippen molar-refractivity contribution in [1.29, 1.82) is 0 Å². The molecule has 6 heteroatoms. The molecule has 1 fully saturated rings. The maximum absolute atomic E-state index is 14.1. The van der Waals surface area contributed by atoms with Gasteiger partial charge in [-0.05, 0) is 76.8 Å². The lowest BCUT2D eigenvalue weighted by Gasteiger charge is -2.52. The lowest BCUT2D eigenvalue weighted by molar-refractivity contribution is -0.119. The van der Waals surface area contributed by atoms with E-state index < -0.39 is 5.92 Å². The first-order valence-electron chi connectivity index (χ1n) is 14.2. The first-order valence-corrected chi connectivity index (χ1v) is 15.3. The lowest BCUT2D eigenvalue weighted by Crippen LogP contribution is -2.48. The maximum Gasteiger partial charge on any atom is 0.175 e. The average molecular weight is 642 g/mol. The molecule has 5 rings (SSSR count). The number of carbonyl (C=O) groups excluding carboxylic acids is 2. The van der Waals surface area contributed by atoms with Crippen LogP contribution < -0.4 is 9.47 Å². The van der Waals surface area contributed by atoms with Gasteiger partial charge in [0, 0.05) is 47.3 Å². The molecule has 0 saturated heterocycles. The molecule has 3 aliphatic carbocycles. The molecule has 0 aromatic heterocycles. The number of Topliss-reactive ketones (excluding diaryl/α,β-unsaturated/α-hetero) is 2. The molecule has 5 nitrogen and oxygen atoms in total. The second kappa shape index (κ2) is 10.6. The SMILES string of the molecule is C#CCOc1c(I)cc(C2C3=C(CC(C)(C)CC3=O)N(C3CCCCC3)C3=C2C(=O)CC(C)(C)C3)cc1OC. The van der Waals surface area contributed by atoms with E-state index in [1.54, 1.807) is 7.11 Å². The van der Waals surface area contributed by atoms with Gasteiger partial charge in [-0.3, -0.25) is 9.59 Å².